The van der Waals surface area contributed by atoms with E-state index in [0.29, 0.717) is 0 Å². The quantitative estimate of drug-likeness (QED) is 0.722. The number of hydrogen-bond donors (Lipinski definition) is 0. The highest BCUT2D eigenvalue weighted by Gasteiger charge is 2.20. The van der Waals surface area contributed by atoms with Gasteiger partial charge in [-0.15, -0.1) is 0 Å². The Morgan fingerprint density at radius 3 is 2.53 bits per heavy atom. The summed E-state index contributed by atoms with van der Waals surface area (Å²) in [5.74, 6) is 0. The SMILES string of the molecule is CCCCC(Cc1ccccc1C)N1CCCCC1. The Kier molecular flexibility index (Phi) is 5.91. The van der Waals surface area contributed by atoms with Gasteiger partial charge in [0.2, 0.25) is 0 Å². The number of nitrogens with zero attached hydrogens (tertiary/aromatic N) is 1. The first-order valence-corrected chi connectivity index (χ1v) is 8.10. The molecule has 1 unspecified atom stereocenters. The van der Waals surface area contributed by atoms with Crippen LogP contribution in [0.5, 0.6) is 0 Å². The topological polar surface area (TPSA) is 3.24 Å². The second-order valence-electron chi connectivity index (χ2n) is 6.02. The minimum atomic E-state index is 0.765. The van der Waals surface area contributed by atoms with Gasteiger partial charge < -0.3 is 4.90 Å². The first-order valence-electron chi connectivity index (χ1n) is 8.10. The third-order valence-corrected chi connectivity index (χ3v) is 4.51. The van der Waals surface area contributed by atoms with Crippen molar-refractivity contribution in [2.45, 2.75) is 64.8 Å². The third kappa shape index (κ3) is 4.35. The number of rotatable bonds is 6. The van der Waals surface area contributed by atoms with Crippen molar-refractivity contribution in [3.63, 3.8) is 0 Å². The summed E-state index contributed by atoms with van der Waals surface area (Å²) in [4.78, 5) is 2.76. The van der Waals surface area contributed by atoms with Gasteiger partial charge in [0.15, 0.2) is 0 Å². The van der Waals surface area contributed by atoms with Crippen LogP contribution in [0.1, 0.15) is 56.6 Å². The summed E-state index contributed by atoms with van der Waals surface area (Å²) in [7, 11) is 0. The van der Waals surface area contributed by atoms with Crippen molar-refractivity contribution < 1.29 is 0 Å². The standard InChI is InChI=1S/C18H29N/c1-3-4-12-18(19-13-8-5-9-14-19)15-17-11-7-6-10-16(17)2/h6-7,10-11,18H,3-5,8-9,12-15H2,1-2H3. The molecular weight excluding hydrogens is 230 g/mol. The van der Waals surface area contributed by atoms with Crippen LogP contribution in [-0.2, 0) is 6.42 Å². The second kappa shape index (κ2) is 7.69. The molecule has 1 nitrogen and oxygen atoms in total. The lowest BCUT2D eigenvalue weighted by molar-refractivity contribution is 0.152. The fourth-order valence-electron chi connectivity index (χ4n) is 3.23. The molecule has 0 radical (unpaired) electrons. The fraction of sp³-hybridized carbons (Fsp3) is 0.667. The smallest absolute Gasteiger partial charge is 0.0136 e. The summed E-state index contributed by atoms with van der Waals surface area (Å²) in [5, 5.41) is 0. The molecule has 2 rings (SSSR count). The second-order valence-corrected chi connectivity index (χ2v) is 6.02. The molecule has 1 saturated heterocycles. The van der Waals surface area contributed by atoms with Crippen LogP contribution in [0.4, 0.5) is 0 Å². The minimum Gasteiger partial charge on any atom is -0.300 e. The van der Waals surface area contributed by atoms with Crippen molar-refractivity contribution in [3.8, 4) is 0 Å². The van der Waals surface area contributed by atoms with Crippen LogP contribution in [0.3, 0.4) is 0 Å². The number of piperidine rings is 1. The van der Waals surface area contributed by atoms with Crippen LogP contribution >= 0.6 is 0 Å². The minimum absolute atomic E-state index is 0.765. The molecule has 1 heteroatoms. The maximum Gasteiger partial charge on any atom is 0.0136 e. The predicted molar refractivity (Wildman–Crippen MR) is 83.6 cm³/mol. The zero-order valence-corrected chi connectivity index (χ0v) is 12.7. The Morgan fingerprint density at radius 1 is 1.11 bits per heavy atom. The summed E-state index contributed by atoms with van der Waals surface area (Å²) in [5.41, 5.74) is 3.01. The Balaban J connectivity index is 2.02. The molecule has 0 bridgehead atoms. The van der Waals surface area contributed by atoms with Crippen molar-refractivity contribution in [1.29, 1.82) is 0 Å². The van der Waals surface area contributed by atoms with Gasteiger partial charge in [-0.05, 0) is 56.8 Å². The molecule has 1 aromatic carbocycles. The van der Waals surface area contributed by atoms with Crippen LogP contribution in [0.15, 0.2) is 24.3 Å². The molecule has 106 valence electrons. The molecule has 0 N–H and O–H groups in total. The lowest BCUT2D eigenvalue weighted by atomic mass is 9.95. The van der Waals surface area contributed by atoms with Crippen molar-refractivity contribution >= 4 is 0 Å². The molecule has 1 aliphatic rings. The molecule has 1 aliphatic heterocycles. The average Bonchev–Trinajstić information content (AvgIpc) is 2.46. The number of benzene rings is 1. The molecule has 0 saturated carbocycles. The van der Waals surface area contributed by atoms with E-state index >= 15 is 0 Å². The number of unbranched alkanes of at least 4 members (excludes halogenated alkanes) is 1. The number of aryl methyl sites for hydroxylation is 1. The van der Waals surface area contributed by atoms with Gasteiger partial charge in [0.1, 0.15) is 0 Å². The van der Waals surface area contributed by atoms with Gasteiger partial charge in [0.05, 0.1) is 0 Å². The summed E-state index contributed by atoms with van der Waals surface area (Å²) < 4.78 is 0. The lowest BCUT2D eigenvalue weighted by Gasteiger charge is -2.35. The van der Waals surface area contributed by atoms with E-state index in [-0.39, 0.29) is 0 Å². The summed E-state index contributed by atoms with van der Waals surface area (Å²) in [6.45, 7) is 7.20. The Morgan fingerprint density at radius 2 is 1.84 bits per heavy atom. The Hall–Kier alpha value is -0.820. The largest absolute Gasteiger partial charge is 0.300 e. The zero-order chi connectivity index (χ0) is 13.5. The van der Waals surface area contributed by atoms with Gasteiger partial charge in [0.25, 0.3) is 0 Å². The summed E-state index contributed by atoms with van der Waals surface area (Å²) in [6.07, 6.45) is 9.52. The molecule has 0 aromatic heterocycles. The van der Waals surface area contributed by atoms with E-state index in [9.17, 15) is 0 Å². The fourth-order valence-corrected chi connectivity index (χ4v) is 3.23. The Bertz CT molecular complexity index is 366. The molecule has 0 amide bonds. The number of hydrogen-bond acceptors (Lipinski definition) is 1. The number of likely N-dealkylation sites (tertiary alicyclic amines) is 1. The van der Waals surface area contributed by atoms with E-state index in [2.05, 4.69) is 43.0 Å². The normalized spacial score (nSPS) is 18.4. The van der Waals surface area contributed by atoms with Crippen molar-refractivity contribution in [3.05, 3.63) is 35.4 Å². The molecule has 0 spiro atoms. The molecule has 1 atom stereocenters. The van der Waals surface area contributed by atoms with E-state index in [4.69, 9.17) is 0 Å². The Labute approximate surface area is 119 Å². The first-order chi connectivity index (χ1) is 9.31. The van der Waals surface area contributed by atoms with Crippen molar-refractivity contribution in [1.82, 2.24) is 4.90 Å². The average molecular weight is 259 g/mol. The molecule has 19 heavy (non-hydrogen) atoms. The van der Waals surface area contributed by atoms with Crippen LogP contribution in [0.2, 0.25) is 0 Å². The van der Waals surface area contributed by atoms with E-state index in [1.165, 1.54) is 63.6 Å². The van der Waals surface area contributed by atoms with Crippen LogP contribution in [0, 0.1) is 6.92 Å². The van der Waals surface area contributed by atoms with Crippen LogP contribution < -0.4 is 0 Å². The van der Waals surface area contributed by atoms with E-state index < -0.39 is 0 Å². The molecule has 0 aliphatic carbocycles. The monoisotopic (exact) mass is 259 g/mol. The maximum absolute atomic E-state index is 2.76. The van der Waals surface area contributed by atoms with E-state index in [1.54, 1.807) is 5.56 Å². The highest BCUT2D eigenvalue weighted by Crippen LogP contribution is 2.21. The van der Waals surface area contributed by atoms with Gasteiger partial charge in [-0.1, -0.05) is 50.5 Å². The predicted octanol–water partition coefficient (Wildman–Crippen LogP) is 4.58. The van der Waals surface area contributed by atoms with Crippen LogP contribution in [-0.4, -0.2) is 24.0 Å². The highest BCUT2D eigenvalue weighted by atomic mass is 15.2. The van der Waals surface area contributed by atoms with Gasteiger partial charge in [-0.2, -0.15) is 0 Å². The first kappa shape index (κ1) is 14.6. The lowest BCUT2D eigenvalue weighted by Crippen LogP contribution is -2.40. The maximum atomic E-state index is 2.76. The van der Waals surface area contributed by atoms with E-state index in [1.807, 2.05) is 0 Å². The van der Waals surface area contributed by atoms with E-state index in [0.717, 1.165) is 6.04 Å². The van der Waals surface area contributed by atoms with Gasteiger partial charge in [-0.3, -0.25) is 0 Å². The molecule has 1 aromatic rings. The summed E-state index contributed by atoms with van der Waals surface area (Å²) >= 11 is 0. The van der Waals surface area contributed by atoms with Gasteiger partial charge in [-0.25, -0.2) is 0 Å². The molecular formula is C18H29N. The highest BCUT2D eigenvalue weighted by molar-refractivity contribution is 5.26. The summed E-state index contributed by atoms with van der Waals surface area (Å²) in [6, 6.07) is 9.68. The van der Waals surface area contributed by atoms with Gasteiger partial charge >= 0.3 is 0 Å². The molecule has 1 heterocycles. The van der Waals surface area contributed by atoms with Crippen molar-refractivity contribution in [2.75, 3.05) is 13.1 Å². The van der Waals surface area contributed by atoms with Crippen LogP contribution in [0.25, 0.3) is 0 Å². The van der Waals surface area contributed by atoms with Crippen molar-refractivity contribution in [2.24, 2.45) is 0 Å². The zero-order valence-electron chi connectivity index (χ0n) is 12.7. The molecule has 1 fully saturated rings. The third-order valence-electron chi connectivity index (χ3n) is 4.51. The van der Waals surface area contributed by atoms with Gasteiger partial charge in [0, 0.05) is 6.04 Å².